The van der Waals surface area contributed by atoms with Gasteiger partial charge in [-0.15, -0.1) is 24.8 Å². The first-order valence-corrected chi connectivity index (χ1v) is 11.2. The van der Waals surface area contributed by atoms with E-state index in [1.165, 1.54) is 14.2 Å². The highest BCUT2D eigenvalue weighted by molar-refractivity contribution is 5.85. The molecule has 2 heterocycles. The lowest BCUT2D eigenvalue weighted by atomic mass is 10.0. The van der Waals surface area contributed by atoms with Crippen molar-refractivity contribution in [2.75, 3.05) is 40.4 Å². The fourth-order valence-corrected chi connectivity index (χ4v) is 3.38. The van der Waals surface area contributed by atoms with E-state index in [4.69, 9.17) is 9.47 Å². The van der Waals surface area contributed by atoms with Crippen LogP contribution in [-0.2, 0) is 28.5 Å². The fraction of sp³-hybridized carbons (Fsp3) is 0.818. The summed E-state index contributed by atoms with van der Waals surface area (Å²) < 4.78 is 19.6. The smallest absolute Gasteiger partial charge is 0.407 e. The molecule has 0 bridgehead atoms. The Bertz CT molecular complexity index is 668. The quantitative estimate of drug-likeness (QED) is 0.293. The van der Waals surface area contributed by atoms with Crippen LogP contribution in [0.1, 0.15) is 41.5 Å². The number of hydrogen-bond acceptors (Lipinski definition) is 10. The lowest BCUT2D eigenvalue weighted by Crippen LogP contribution is -2.45. The number of hydrogen-bond donors (Lipinski definition) is 4. The molecule has 0 radical (unpaired) electrons. The van der Waals surface area contributed by atoms with Crippen molar-refractivity contribution < 1.29 is 38.1 Å². The van der Waals surface area contributed by atoms with Crippen LogP contribution in [0.2, 0.25) is 0 Å². The molecule has 0 aliphatic carbocycles. The van der Waals surface area contributed by atoms with Gasteiger partial charge in [-0.3, -0.25) is 9.59 Å². The van der Waals surface area contributed by atoms with Crippen LogP contribution >= 0.6 is 24.8 Å². The SMILES string of the molecule is COC(=O)[C@@H]1CNC[C@H]1NC(=O)OC(C)(C)C.COC(=O)[C@H]1CNC[C@@H]1NC(=O)OC(C)(C)C.Cl.Cl. The van der Waals surface area contributed by atoms with Gasteiger partial charge in [0.15, 0.2) is 0 Å². The molecule has 2 rings (SSSR count). The number of alkyl carbamates (subject to hydrolysis) is 2. The molecule has 2 aliphatic rings. The zero-order valence-corrected chi connectivity index (χ0v) is 23.9. The molecule has 4 atom stereocenters. The molecule has 2 saturated heterocycles. The minimum Gasteiger partial charge on any atom is -0.469 e. The molecule has 0 saturated carbocycles. The van der Waals surface area contributed by atoms with Crippen LogP contribution in [0.25, 0.3) is 0 Å². The number of carbonyl (C=O) groups excluding carboxylic acids is 4. The van der Waals surface area contributed by atoms with E-state index in [9.17, 15) is 19.2 Å². The second-order valence-corrected chi connectivity index (χ2v) is 10.1. The molecule has 2 aliphatic heterocycles. The van der Waals surface area contributed by atoms with Gasteiger partial charge in [-0.25, -0.2) is 9.59 Å². The van der Waals surface area contributed by atoms with Crippen molar-refractivity contribution in [3.05, 3.63) is 0 Å². The van der Waals surface area contributed by atoms with Crippen molar-refractivity contribution in [2.24, 2.45) is 11.8 Å². The van der Waals surface area contributed by atoms with Crippen LogP contribution in [0.3, 0.4) is 0 Å². The summed E-state index contributed by atoms with van der Waals surface area (Å²) >= 11 is 0. The maximum Gasteiger partial charge on any atom is 0.407 e. The van der Waals surface area contributed by atoms with Gasteiger partial charge in [0.1, 0.15) is 11.2 Å². The molecule has 14 heteroatoms. The van der Waals surface area contributed by atoms with E-state index in [0.717, 1.165) is 0 Å². The molecular weight excluding hydrogens is 519 g/mol. The summed E-state index contributed by atoms with van der Waals surface area (Å²) in [5, 5.41) is 11.4. The number of nitrogens with one attached hydrogen (secondary N) is 4. The van der Waals surface area contributed by atoms with Crippen molar-refractivity contribution in [1.82, 2.24) is 21.3 Å². The average Bonchev–Trinajstić information content (AvgIpc) is 3.33. The van der Waals surface area contributed by atoms with Crippen molar-refractivity contribution in [2.45, 2.75) is 64.8 Å². The average molecular weight is 562 g/mol. The van der Waals surface area contributed by atoms with Gasteiger partial charge in [0.05, 0.1) is 38.1 Å². The van der Waals surface area contributed by atoms with Crippen LogP contribution in [0.4, 0.5) is 9.59 Å². The highest BCUT2D eigenvalue weighted by atomic mass is 35.5. The highest BCUT2D eigenvalue weighted by Gasteiger charge is 2.36. The third-order valence-corrected chi connectivity index (χ3v) is 4.84. The standard InChI is InChI=1S/2C11H20N2O4.2ClH/c2*1-11(2,3)17-10(15)13-8-6-12-5-7(8)9(14)16-4;;/h2*7-8,12H,5-6H2,1-4H3,(H,13,15);2*1H/t2*7-,8-;;/m10../s1. The van der Waals surface area contributed by atoms with Crippen molar-refractivity contribution in [1.29, 1.82) is 0 Å². The molecular formula is C22H42Cl2N4O8. The first kappa shape index (κ1) is 36.1. The van der Waals surface area contributed by atoms with E-state index in [0.29, 0.717) is 26.2 Å². The van der Waals surface area contributed by atoms with Crippen molar-refractivity contribution in [3.63, 3.8) is 0 Å². The molecule has 12 nitrogen and oxygen atoms in total. The monoisotopic (exact) mass is 560 g/mol. The van der Waals surface area contributed by atoms with Crippen LogP contribution in [0.15, 0.2) is 0 Å². The van der Waals surface area contributed by atoms with Gasteiger partial charge in [0, 0.05) is 26.2 Å². The Morgan fingerprint density at radius 3 is 1.19 bits per heavy atom. The number of carbonyl (C=O) groups is 4. The maximum atomic E-state index is 11.6. The minimum absolute atomic E-state index is 0. The van der Waals surface area contributed by atoms with Crippen LogP contribution in [0.5, 0.6) is 0 Å². The molecule has 0 aromatic heterocycles. The van der Waals surface area contributed by atoms with Crippen LogP contribution in [0, 0.1) is 11.8 Å². The number of halogens is 2. The summed E-state index contributed by atoms with van der Waals surface area (Å²) in [5.41, 5.74) is -1.09. The molecule has 0 spiro atoms. The Labute approximate surface area is 225 Å². The molecule has 0 aromatic carbocycles. The molecule has 2 fully saturated rings. The molecule has 4 N–H and O–H groups in total. The van der Waals surface area contributed by atoms with Gasteiger partial charge in [0.25, 0.3) is 0 Å². The topological polar surface area (TPSA) is 153 Å². The van der Waals surface area contributed by atoms with Gasteiger partial charge in [0.2, 0.25) is 0 Å². The van der Waals surface area contributed by atoms with Crippen molar-refractivity contribution in [3.8, 4) is 0 Å². The van der Waals surface area contributed by atoms with Gasteiger partial charge in [-0.05, 0) is 41.5 Å². The number of ether oxygens (including phenoxy) is 4. The van der Waals surface area contributed by atoms with Crippen LogP contribution in [-0.4, -0.2) is 87.8 Å². The van der Waals surface area contributed by atoms with E-state index < -0.39 is 23.4 Å². The minimum atomic E-state index is -0.545. The number of methoxy groups -OCH3 is 2. The van der Waals surface area contributed by atoms with Crippen LogP contribution < -0.4 is 21.3 Å². The van der Waals surface area contributed by atoms with Crippen molar-refractivity contribution >= 4 is 48.9 Å². The molecule has 2 amide bonds. The fourth-order valence-electron chi connectivity index (χ4n) is 3.38. The molecule has 36 heavy (non-hydrogen) atoms. The normalized spacial score (nSPS) is 22.9. The molecule has 0 unspecified atom stereocenters. The summed E-state index contributed by atoms with van der Waals surface area (Å²) in [6.07, 6.45) is -1.03. The zero-order valence-electron chi connectivity index (χ0n) is 22.2. The predicted octanol–water partition coefficient (Wildman–Crippen LogP) is 1.39. The Morgan fingerprint density at radius 1 is 0.639 bits per heavy atom. The summed E-state index contributed by atoms with van der Waals surface area (Å²) in [6, 6.07) is -0.561. The van der Waals surface area contributed by atoms with Gasteiger partial charge in [-0.2, -0.15) is 0 Å². The first-order chi connectivity index (χ1) is 15.7. The Morgan fingerprint density at radius 2 is 0.944 bits per heavy atom. The summed E-state index contributed by atoms with van der Waals surface area (Å²) in [7, 11) is 2.68. The zero-order chi connectivity index (χ0) is 26.1. The number of amides is 2. The van der Waals surface area contributed by atoms with Gasteiger partial charge < -0.3 is 40.2 Å². The van der Waals surface area contributed by atoms with E-state index in [-0.39, 0.29) is 60.7 Å². The molecule has 0 aromatic rings. The highest BCUT2D eigenvalue weighted by Crippen LogP contribution is 2.14. The summed E-state index contributed by atoms with van der Waals surface area (Å²) in [4.78, 5) is 46.0. The second-order valence-electron chi connectivity index (χ2n) is 10.1. The summed E-state index contributed by atoms with van der Waals surface area (Å²) in [6.45, 7) is 12.8. The first-order valence-electron chi connectivity index (χ1n) is 11.2. The Kier molecular flexibility index (Phi) is 16.0. The lowest BCUT2D eigenvalue weighted by Gasteiger charge is -2.23. The lowest BCUT2D eigenvalue weighted by molar-refractivity contribution is -0.146. The van der Waals surface area contributed by atoms with E-state index in [1.807, 2.05) is 0 Å². The van der Waals surface area contributed by atoms with E-state index >= 15 is 0 Å². The number of esters is 2. The van der Waals surface area contributed by atoms with E-state index in [1.54, 1.807) is 41.5 Å². The Balaban J connectivity index is 0. The van der Waals surface area contributed by atoms with E-state index in [2.05, 4.69) is 30.7 Å². The predicted molar refractivity (Wildman–Crippen MR) is 138 cm³/mol. The Hall–Kier alpha value is -2.02. The van der Waals surface area contributed by atoms with Gasteiger partial charge >= 0.3 is 24.1 Å². The number of rotatable bonds is 4. The molecule has 212 valence electrons. The van der Waals surface area contributed by atoms with Gasteiger partial charge in [-0.1, -0.05) is 0 Å². The third-order valence-electron chi connectivity index (χ3n) is 4.84. The second kappa shape index (κ2) is 16.0. The maximum absolute atomic E-state index is 11.6. The third kappa shape index (κ3) is 13.3. The largest absolute Gasteiger partial charge is 0.469 e. The summed E-state index contributed by atoms with van der Waals surface area (Å²) in [5.74, 6) is -1.35.